The number of carbonyl (C=O) groups is 1. The van der Waals surface area contributed by atoms with Crippen LogP contribution >= 0.6 is 0 Å². The molecule has 5 aliphatic carbocycles. The van der Waals surface area contributed by atoms with E-state index in [1.54, 1.807) is 13.8 Å². The van der Waals surface area contributed by atoms with Crippen LogP contribution in [-0.4, -0.2) is 98.3 Å². The predicted molar refractivity (Wildman–Crippen MR) is 171 cm³/mol. The molecule has 0 bridgehead atoms. The molecule has 2 aliphatic heterocycles. The highest BCUT2D eigenvalue weighted by molar-refractivity contribution is 5.66. The summed E-state index contributed by atoms with van der Waals surface area (Å²) in [5.41, 5.74) is -2.69. The van der Waals surface area contributed by atoms with Gasteiger partial charge in [0.05, 0.1) is 36.1 Å². The van der Waals surface area contributed by atoms with Crippen LogP contribution in [0.3, 0.4) is 0 Å². The Morgan fingerprint density at radius 2 is 1.55 bits per heavy atom. The van der Waals surface area contributed by atoms with Crippen molar-refractivity contribution in [1.82, 2.24) is 0 Å². The minimum atomic E-state index is -1.32. The summed E-state index contributed by atoms with van der Waals surface area (Å²) in [7, 11) is 0. The lowest BCUT2D eigenvalue weighted by atomic mass is 9.41. The Kier molecular flexibility index (Phi) is 7.80. The number of hydrogen-bond donors (Lipinski definition) is 5. The lowest BCUT2D eigenvalue weighted by Gasteiger charge is -2.65. The van der Waals surface area contributed by atoms with E-state index in [1.165, 1.54) is 6.92 Å². The van der Waals surface area contributed by atoms with E-state index >= 15 is 0 Å². The molecule has 7 aliphatic rings. The van der Waals surface area contributed by atoms with E-state index in [4.69, 9.17) is 18.9 Å². The van der Waals surface area contributed by atoms with Gasteiger partial charge in [0, 0.05) is 18.3 Å². The molecule has 5 saturated carbocycles. The third-order valence-corrected chi connectivity index (χ3v) is 15.9. The Balaban J connectivity index is 1.19. The van der Waals surface area contributed by atoms with Gasteiger partial charge < -0.3 is 44.5 Å². The van der Waals surface area contributed by atoms with E-state index in [2.05, 4.69) is 34.6 Å². The van der Waals surface area contributed by atoms with Crippen LogP contribution in [0.5, 0.6) is 0 Å². The highest BCUT2D eigenvalue weighted by Crippen LogP contribution is 2.89. The maximum absolute atomic E-state index is 12.6. The zero-order valence-electron chi connectivity index (χ0n) is 29.7. The second-order valence-electron chi connectivity index (χ2n) is 18.8. The molecule has 0 aromatic carbocycles. The normalized spacial score (nSPS) is 56.6. The van der Waals surface area contributed by atoms with Crippen molar-refractivity contribution in [3.63, 3.8) is 0 Å². The first-order chi connectivity index (χ1) is 21.7. The maximum Gasteiger partial charge on any atom is 0.302 e. The summed E-state index contributed by atoms with van der Waals surface area (Å²) >= 11 is 0. The van der Waals surface area contributed by atoms with Gasteiger partial charge in [-0.2, -0.15) is 0 Å². The minimum Gasteiger partial charge on any atom is -0.462 e. The molecule has 7 rings (SSSR count). The summed E-state index contributed by atoms with van der Waals surface area (Å²) in [5.74, 6) is 0.182. The highest BCUT2D eigenvalue weighted by Gasteiger charge is 2.85. The molecule has 0 aromatic heterocycles. The molecule has 5 N–H and O–H groups in total. The number of carbonyl (C=O) groups excluding carboxylic acids is 1. The van der Waals surface area contributed by atoms with Gasteiger partial charge in [-0.3, -0.25) is 4.79 Å². The molecule has 10 heteroatoms. The maximum atomic E-state index is 12.6. The van der Waals surface area contributed by atoms with Crippen LogP contribution in [-0.2, 0) is 23.7 Å². The van der Waals surface area contributed by atoms with E-state index in [0.29, 0.717) is 31.1 Å². The number of fused-ring (bicyclic) bond motifs is 2. The van der Waals surface area contributed by atoms with Crippen molar-refractivity contribution < 1.29 is 49.3 Å². The SMILES string of the molecule is CC(=O)OC1CC2(C)C3CCC4C(C)(C)C(OC5OCC(O)C(O)C5O)CCC45CC35CC(O)C2(C)C1C1(C)CCC(C(C)(C)O)O1. The predicted octanol–water partition coefficient (Wildman–Crippen LogP) is 3.47. The third-order valence-electron chi connectivity index (χ3n) is 15.9. The van der Waals surface area contributed by atoms with Crippen molar-refractivity contribution >= 4 is 5.97 Å². The van der Waals surface area contributed by atoms with E-state index in [1.807, 2.05) is 0 Å². The fourth-order valence-electron chi connectivity index (χ4n) is 13.7. The summed E-state index contributed by atoms with van der Waals surface area (Å²) in [5, 5.41) is 54.3. The second-order valence-corrected chi connectivity index (χ2v) is 18.8. The third kappa shape index (κ3) is 4.54. The molecule has 10 nitrogen and oxygen atoms in total. The number of aliphatic hydroxyl groups is 5. The van der Waals surface area contributed by atoms with Gasteiger partial charge in [0.1, 0.15) is 24.4 Å². The Bertz CT molecular complexity index is 1270. The van der Waals surface area contributed by atoms with Gasteiger partial charge in [-0.1, -0.05) is 27.7 Å². The average molecular weight is 665 g/mol. The summed E-state index contributed by atoms with van der Waals surface area (Å²) in [4.78, 5) is 12.6. The molecule has 2 heterocycles. The zero-order valence-corrected chi connectivity index (χ0v) is 29.7. The van der Waals surface area contributed by atoms with Crippen molar-refractivity contribution in [1.29, 1.82) is 0 Å². The van der Waals surface area contributed by atoms with Crippen LogP contribution in [0, 0.1) is 44.8 Å². The largest absolute Gasteiger partial charge is 0.462 e. The summed E-state index contributed by atoms with van der Waals surface area (Å²) in [6.07, 6.45) is 1.43. The fourth-order valence-corrected chi connectivity index (χ4v) is 13.7. The van der Waals surface area contributed by atoms with Gasteiger partial charge in [-0.05, 0) is 112 Å². The van der Waals surface area contributed by atoms with Gasteiger partial charge in [-0.25, -0.2) is 0 Å². The smallest absolute Gasteiger partial charge is 0.302 e. The fraction of sp³-hybridized carbons (Fsp3) is 0.973. The molecule has 2 spiro atoms. The monoisotopic (exact) mass is 664 g/mol. The molecular weight excluding hydrogens is 604 g/mol. The molecule has 0 aromatic rings. The van der Waals surface area contributed by atoms with Crippen molar-refractivity contribution in [2.24, 2.45) is 44.8 Å². The van der Waals surface area contributed by atoms with Crippen LogP contribution in [0.15, 0.2) is 0 Å². The number of aliphatic hydroxyl groups excluding tert-OH is 4. The molecule has 0 radical (unpaired) electrons. The Labute approximate surface area is 279 Å². The molecule has 268 valence electrons. The number of esters is 1. The quantitative estimate of drug-likeness (QED) is 0.218. The van der Waals surface area contributed by atoms with Crippen LogP contribution < -0.4 is 0 Å². The Hall–Kier alpha value is -0.850. The summed E-state index contributed by atoms with van der Waals surface area (Å²) < 4.78 is 25.1. The van der Waals surface area contributed by atoms with Crippen LogP contribution in [0.1, 0.15) is 113 Å². The van der Waals surface area contributed by atoms with E-state index < -0.39 is 47.3 Å². The van der Waals surface area contributed by atoms with Crippen LogP contribution in [0.4, 0.5) is 0 Å². The Morgan fingerprint density at radius 1 is 0.872 bits per heavy atom. The van der Waals surface area contributed by atoms with E-state index in [9.17, 15) is 30.3 Å². The lowest BCUT2D eigenvalue weighted by molar-refractivity contribution is -0.303. The van der Waals surface area contributed by atoms with E-state index in [0.717, 1.165) is 38.5 Å². The van der Waals surface area contributed by atoms with Gasteiger partial charge in [0.25, 0.3) is 0 Å². The van der Waals surface area contributed by atoms with Gasteiger partial charge in [0.15, 0.2) is 6.29 Å². The van der Waals surface area contributed by atoms with Crippen molar-refractivity contribution in [2.75, 3.05) is 6.61 Å². The highest BCUT2D eigenvalue weighted by atomic mass is 16.7. The average Bonchev–Trinajstić information content (AvgIpc) is 3.30. The standard InChI is InChI=1S/C37H60O10/c1-19(38)45-21-15-33(6)23-10-9-22-31(2,3)25(46-30-28(42)27(41)20(39)17-44-30)12-14-36(22)18-37(23,36)16-24(40)35(33,8)29(21)34(7)13-11-26(47-34)32(4,5)43/h20-30,39-43H,9-18H2,1-8H3. The molecule has 0 amide bonds. The number of hydrogen-bond acceptors (Lipinski definition) is 10. The van der Waals surface area contributed by atoms with Crippen molar-refractivity contribution in [2.45, 2.75) is 173 Å². The number of ether oxygens (including phenoxy) is 4. The zero-order chi connectivity index (χ0) is 34.3. The molecule has 16 unspecified atom stereocenters. The second kappa shape index (κ2) is 10.6. The topological polar surface area (TPSA) is 155 Å². The molecule has 2 saturated heterocycles. The lowest BCUT2D eigenvalue weighted by Crippen LogP contribution is -2.64. The van der Waals surface area contributed by atoms with E-state index in [-0.39, 0.29) is 58.5 Å². The first-order valence-corrected chi connectivity index (χ1v) is 18.2. The number of rotatable bonds is 5. The van der Waals surface area contributed by atoms with Crippen molar-refractivity contribution in [3.8, 4) is 0 Å². The summed E-state index contributed by atoms with van der Waals surface area (Å²) in [6.45, 7) is 16.2. The van der Waals surface area contributed by atoms with Crippen LogP contribution in [0.25, 0.3) is 0 Å². The van der Waals surface area contributed by atoms with Gasteiger partial charge in [-0.15, -0.1) is 0 Å². The minimum absolute atomic E-state index is 0.0181. The van der Waals surface area contributed by atoms with Gasteiger partial charge >= 0.3 is 5.97 Å². The van der Waals surface area contributed by atoms with Crippen molar-refractivity contribution in [3.05, 3.63) is 0 Å². The molecule has 7 fully saturated rings. The van der Waals surface area contributed by atoms with Gasteiger partial charge in [0.2, 0.25) is 0 Å². The molecule has 16 atom stereocenters. The van der Waals surface area contributed by atoms with Crippen LogP contribution in [0.2, 0.25) is 0 Å². The Morgan fingerprint density at radius 3 is 2.19 bits per heavy atom. The molecular formula is C37H60O10. The first kappa shape index (κ1) is 34.6. The first-order valence-electron chi connectivity index (χ1n) is 18.2. The summed E-state index contributed by atoms with van der Waals surface area (Å²) in [6, 6.07) is 0. The molecule has 47 heavy (non-hydrogen) atoms.